The number of nitrogens with zero attached hydrogens (tertiary/aromatic N) is 1. The van der Waals surface area contributed by atoms with E-state index in [4.69, 9.17) is 0 Å². The lowest BCUT2D eigenvalue weighted by atomic mass is 10.2. The van der Waals surface area contributed by atoms with Crippen LogP contribution in [0.1, 0.15) is 10.4 Å². The van der Waals surface area contributed by atoms with E-state index in [1.165, 1.54) is 24.3 Å². The SMILES string of the molecule is O=C(Oc1c(F)c(F)c(F)c(F)c1F)c1ccc(N=C=S)cc1. The van der Waals surface area contributed by atoms with E-state index < -0.39 is 40.8 Å². The number of carbonyl (C=O) groups excluding carboxylic acids is 1. The quantitative estimate of drug-likeness (QED) is 0.158. The van der Waals surface area contributed by atoms with E-state index in [-0.39, 0.29) is 5.56 Å². The molecule has 0 aliphatic heterocycles. The first-order valence-corrected chi connectivity index (χ1v) is 6.19. The van der Waals surface area contributed by atoms with E-state index in [1.807, 2.05) is 0 Å². The van der Waals surface area contributed by atoms with Gasteiger partial charge in [0.2, 0.25) is 34.8 Å². The van der Waals surface area contributed by atoms with Crippen molar-refractivity contribution >= 4 is 29.0 Å². The number of halogens is 5. The second-order valence-corrected chi connectivity index (χ2v) is 4.22. The van der Waals surface area contributed by atoms with Gasteiger partial charge in [0.15, 0.2) is 0 Å². The van der Waals surface area contributed by atoms with Crippen LogP contribution in [0.25, 0.3) is 0 Å². The summed E-state index contributed by atoms with van der Waals surface area (Å²) in [7, 11) is 0. The van der Waals surface area contributed by atoms with Gasteiger partial charge in [-0.2, -0.15) is 13.8 Å². The van der Waals surface area contributed by atoms with Crippen LogP contribution in [-0.4, -0.2) is 11.1 Å². The van der Waals surface area contributed by atoms with Crippen LogP contribution in [0.3, 0.4) is 0 Å². The number of esters is 1. The molecule has 0 aromatic heterocycles. The van der Waals surface area contributed by atoms with Crippen LogP contribution in [0.2, 0.25) is 0 Å². The molecule has 0 amide bonds. The van der Waals surface area contributed by atoms with Crippen molar-refractivity contribution < 1.29 is 31.5 Å². The van der Waals surface area contributed by atoms with Crippen LogP contribution < -0.4 is 4.74 Å². The molecule has 0 saturated carbocycles. The molecule has 0 saturated heterocycles. The standard InChI is InChI=1S/C14H4F5NO2S/c15-8-9(16)11(18)13(12(19)10(8)17)22-14(21)6-1-3-7(4-2-6)20-5-23/h1-4H. The Hall–Kier alpha value is -2.64. The number of rotatable bonds is 3. The van der Waals surface area contributed by atoms with Crippen LogP contribution in [0.15, 0.2) is 29.3 Å². The number of aliphatic imine (C=N–C) groups is 1. The van der Waals surface area contributed by atoms with Gasteiger partial charge in [0.25, 0.3) is 0 Å². The van der Waals surface area contributed by atoms with Gasteiger partial charge in [-0.15, -0.1) is 0 Å². The number of hydrogen-bond donors (Lipinski definition) is 0. The molecule has 0 heterocycles. The fourth-order valence-electron chi connectivity index (χ4n) is 1.55. The lowest BCUT2D eigenvalue weighted by Crippen LogP contribution is -2.13. The second-order valence-electron chi connectivity index (χ2n) is 4.04. The van der Waals surface area contributed by atoms with Gasteiger partial charge >= 0.3 is 5.97 Å². The number of carbonyl (C=O) groups is 1. The third-order valence-electron chi connectivity index (χ3n) is 2.64. The van der Waals surface area contributed by atoms with Crippen molar-refractivity contribution in [1.29, 1.82) is 0 Å². The van der Waals surface area contributed by atoms with Crippen molar-refractivity contribution in [2.45, 2.75) is 0 Å². The van der Waals surface area contributed by atoms with E-state index >= 15 is 0 Å². The van der Waals surface area contributed by atoms with Gasteiger partial charge < -0.3 is 4.74 Å². The van der Waals surface area contributed by atoms with Gasteiger partial charge in [-0.05, 0) is 36.5 Å². The molecule has 0 spiro atoms. The van der Waals surface area contributed by atoms with Crippen LogP contribution in [0, 0.1) is 29.1 Å². The highest BCUT2D eigenvalue weighted by Crippen LogP contribution is 2.29. The maximum atomic E-state index is 13.4. The summed E-state index contributed by atoms with van der Waals surface area (Å²) in [5.41, 5.74) is 0.144. The Morgan fingerprint density at radius 2 is 1.39 bits per heavy atom. The fraction of sp³-hybridized carbons (Fsp3) is 0. The molecule has 0 fully saturated rings. The van der Waals surface area contributed by atoms with Crippen LogP contribution >= 0.6 is 12.2 Å². The largest absolute Gasteiger partial charge is 0.416 e. The third-order valence-corrected chi connectivity index (χ3v) is 2.73. The Morgan fingerprint density at radius 1 is 0.913 bits per heavy atom. The fourth-order valence-corrected chi connectivity index (χ4v) is 1.66. The number of isothiocyanates is 1. The van der Waals surface area contributed by atoms with Crippen molar-refractivity contribution in [2.24, 2.45) is 4.99 Å². The number of benzene rings is 2. The first-order valence-electron chi connectivity index (χ1n) is 5.78. The number of thiocarbonyl (C=S) groups is 1. The molecule has 2 rings (SSSR count). The second kappa shape index (κ2) is 6.64. The van der Waals surface area contributed by atoms with E-state index in [9.17, 15) is 26.7 Å². The lowest BCUT2D eigenvalue weighted by Gasteiger charge is -2.08. The zero-order valence-electron chi connectivity index (χ0n) is 10.9. The average Bonchev–Trinajstić information content (AvgIpc) is 2.56. The van der Waals surface area contributed by atoms with Crippen molar-refractivity contribution in [3.8, 4) is 5.75 Å². The summed E-state index contributed by atoms with van der Waals surface area (Å²) in [6.07, 6.45) is 0. The Kier molecular flexibility index (Phi) is 4.83. The molecule has 118 valence electrons. The number of hydrogen-bond acceptors (Lipinski definition) is 4. The highest BCUT2D eigenvalue weighted by atomic mass is 32.1. The molecule has 0 radical (unpaired) electrons. The first-order chi connectivity index (χ1) is 10.9. The molecule has 0 N–H and O–H groups in total. The summed E-state index contributed by atoms with van der Waals surface area (Å²) in [5.74, 6) is -14.2. The van der Waals surface area contributed by atoms with Gasteiger partial charge in [0, 0.05) is 0 Å². The Bertz CT molecular complexity index is 803. The summed E-state index contributed by atoms with van der Waals surface area (Å²) in [6, 6.07) is 4.96. The maximum absolute atomic E-state index is 13.4. The van der Waals surface area contributed by atoms with Crippen molar-refractivity contribution in [2.75, 3.05) is 0 Å². The Morgan fingerprint density at radius 3 is 1.87 bits per heavy atom. The molecule has 3 nitrogen and oxygen atoms in total. The van der Waals surface area contributed by atoms with E-state index in [2.05, 4.69) is 27.1 Å². The van der Waals surface area contributed by atoms with Gasteiger partial charge in [0.05, 0.1) is 16.4 Å². The monoisotopic (exact) mass is 345 g/mol. The molecular weight excluding hydrogens is 341 g/mol. The molecule has 2 aromatic carbocycles. The van der Waals surface area contributed by atoms with Gasteiger partial charge in [0.1, 0.15) is 0 Å². The van der Waals surface area contributed by atoms with Gasteiger partial charge in [-0.1, -0.05) is 0 Å². The molecule has 23 heavy (non-hydrogen) atoms. The molecule has 0 aliphatic rings. The predicted octanol–water partition coefficient (Wildman–Crippen LogP) is 4.34. The molecule has 0 unspecified atom stereocenters. The minimum Gasteiger partial charge on any atom is -0.416 e. The zero-order valence-corrected chi connectivity index (χ0v) is 11.7. The predicted molar refractivity (Wildman–Crippen MR) is 72.3 cm³/mol. The zero-order chi connectivity index (χ0) is 17.1. The molecule has 0 aliphatic carbocycles. The Labute approximate surface area is 131 Å². The topological polar surface area (TPSA) is 38.7 Å². The van der Waals surface area contributed by atoms with Crippen LogP contribution in [-0.2, 0) is 0 Å². The average molecular weight is 345 g/mol. The first kappa shape index (κ1) is 16.7. The minimum absolute atomic E-state index is 0.197. The van der Waals surface area contributed by atoms with Crippen LogP contribution in [0.5, 0.6) is 5.75 Å². The summed E-state index contributed by atoms with van der Waals surface area (Å²) in [4.78, 5) is 15.3. The third kappa shape index (κ3) is 3.25. The van der Waals surface area contributed by atoms with E-state index in [0.29, 0.717) is 5.69 Å². The minimum atomic E-state index is -2.35. The highest BCUT2D eigenvalue weighted by molar-refractivity contribution is 7.78. The molecule has 2 aromatic rings. The molecule has 9 heteroatoms. The van der Waals surface area contributed by atoms with Crippen molar-refractivity contribution in [1.82, 2.24) is 0 Å². The summed E-state index contributed by atoms with van der Waals surface area (Å²) < 4.78 is 70.0. The van der Waals surface area contributed by atoms with E-state index in [0.717, 1.165) is 0 Å². The molecule has 0 bridgehead atoms. The highest BCUT2D eigenvalue weighted by Gasteiger charge is 2.28. The van der Waals surface area contributed by atoms with E-state index in [1.54, 1.807) is 0 Å². The number of ether oxygens (including phenoxy) is 1. The Balaban J connectivity index is 2.35. The molecule has 0 atom stereocenters. The smallest absolute Gasteiger partial charge is 0.343 e. The van der Waals surface area contributed by atoms with Crippen LogP contribution in [0.4, 0.5) is 27.6 Å². The lowest BCUT2D eigenvalue weighted by molar-refractivity contribution is 0.0716. The maximum Gasteiger partial charge on any atom is 0.343 e. The van der Waals surface area contributed by atoms with Gasteiger partial charge in [-0.3, -0.25) is 0 Å². The summed E-state index contributed by atoms with van der Waals surface area (Å²) >= 11 is 4.38. The van der Waals surface area contributed by atoms with Gasteiger partial charge in [-0.25, -0.2) is 18.0 Å². The molecular formula is C14H4F5NO2S. The van der Waals surface area contributed by atoms with Crippen molar-refractivity contribution in [3.63, 3.8) is 0 Å². The normalized spacial score (nSPS) is 10.1. The van der Waals surface area contributed by atoms with Crippen molar-refractivity contribution in [3.05, 3.63) is 58.9 Å². The summed E-state index contributed by atoms with van der Waals surface area (Å²) in [6.45, 7) is 0. The summed E-state index contributed by atoms with van der Waals surface area (Å²) in [5, 5.41) is 2.08.